The number of alkyl halides is 2. The molecule has 7 nitrogen and oxygen atoms in total. The number of nitrogens with two attached hydrogens (primary N) is 2. The first-order valence-electron chi connectivity index (χ1n) is 5.53. The molecule has 0 aromatic heterocycles. The van der Waals surface area contributed by atoms with E-state index in [9.17, 15) is 18.4 Å². The standard InChI is InChI=1S/C10H16F2N2O5/c1-4(15)17-8-7(14)9(18-5(2)16)19-6(3-13)10(8,11)12/h6-9H,3,13-14H2,1-2H3/t6-,7-,8-,9?/m1/s1. The van der Waals surface area contributed by atoms with Crippen LogP contribution in [0.2, 0.25) is 0 Å². The zero-order valence-electron chi connectivity index (χ0n) is 10.5. The van der Waals surface area contributed by atoms with E-state index in [0.29, 0.717) is 0 Å². The minimum absolute atomic E-state index is 0.546. The van der Waals surface area contributed by atoms with Crippen LogP contribution in [-0.2, 0) is 23.8 Å². The summed E-state index contributed by atoms with van der Waals surface area (Å²) in [6.45, 7) is 1.49. The lowest BCUT2D eigenvalue weighted by Crippen LogP contribution is -2.67. The Kier molecular flexibility index (Phi) is 4.77. The molecule has 1 heterocycles. The third-order valence-corrected chi connectivity index (χ3v) is 2.56. The molecule has 1 saturated heterocycles. The zero-order chi connectivity index (χ0) is 14.8. The van der Waals surface area contributed by atoms with Gasteiger partial charge in [-0.2, -0.15) is 8.78 Å². The normalized spacial score (nSPS) is 33.6. The van der Waals surface area contributed by atoms with Crippen LogP contribution in [0.15, 0.2) is 0 Å². The van der Waals surface area contributed by atoms with Crippen molar-refractivity contribution in [1.29, 1.82) is 0 Å². The smallest absolute Gasteiger partial charge is 0.312 e. The molecule has 1 aliphatic rings. The molecule has 0 aliphatic carbocycles. The van der Waals surface area contributed by atoms with Gasteiger partial charge in [0.1, 0.15) is 12.1 Å². The van der Waals surface area contributed by atoms with E-state index in [1.165, 1.54) is 0 Å². The van der Waals surface area contributed by atoms with Gasteiger partial charge in [-0.05, 0) is 0 Å². The Bertz CT molecular complexity index is 366. The molecule has 0 aromatic carbocycles. The van der Waals surface area contributed by atoms with Crippen LogP contribution in [0.1, 0.15) is 13.8 Å². The third kappa shape index (κ3) is 3.37. The second-order valence-electron chi connectivity index (χ2n) is 4.12. The monoisotopic (exact) mass is 282 g/mol. The Morgan fingerprint density at radius 1 is 1.26 bits per heavy atom. The van der Waals surface area contributed by atoms with Gasteiger partial charge in [-0.15, -0.1) is 0 Å². The van der Waals surface area contributed by atoms with Crippen LogP contribution in [0.4, 0.5) is 8.78 Å². The van der Waals surface area contributed by atoms with Gasteiger partial charge in [0.05, 0.1) is 0 Å². The molecule has 0 aromatic rings. The van der Waals surface area contributed by atoms with Crippen molar-refractivity contribution < 1.29 is 32.6 Å². The first kappa shape index (κ1) is 15.7. The fourth-order valence-corrected chi connectivity index (χ4v) is 1.74. The molecule has 1 unspecified atom stereocenters. The summed E-state index contributed by atoms with van der Waals surface area (Å²) in [6, 6.07) is -1.51. The highest BCUT2D eigenvalue weighted by Gasteiger charge is 2.59. The van der Waals surface area contributed by atoms with Gasteiger partial charge >= 0.3 is 17.9 Å². The van der Waals surface area contributed by atoms with E-state index in [4.69, 9.17) is 16.2 Å². The maximum atomic E-state index is 14.0. The van der Waals surface area contributed by atoms with Gasteiger partial charge in [0, 0.05) is 20.4 Å². The summed E-state index contributed by atoms with van der Waals surface area (Å²) in [5.41, 5.74) is 10.7. The minimum atomic E-state index is -3.57. The summed E-state index contributed by atoms with van der Waals surface area (Å²) in [6.07, 6.45) is -5.19. The van der Waals surface area contributed by atoms with E-state index in [1.54, 1.807) is 0 Å². The predicted octanol–water partition coefficient (Wildman–Crippen LogP) is -0.873. The molecular formula is C10H16F2N2O5. The van der Waals surface area contributed by atoms with Crippen LogP contribution >= 0.6 is 0 Å². The Labute approximate surface area is 108 Å². The van der Waals surface area contributed by atoms with Crippen LogP contribution in [0, 0.1) is 0 Å². The van der Waals surface area contributed by atoms with Crippen LogP contribution in [-0.4, -0.2) is 48.9 Å². The predicted molar refractivity (Wildman–Crippen MR) is 58.0 cm³/mol. The quantitative estimate of drug-likeness (QED) is 0.646. The van der Waals surface area contributed by atoms with Crippen LogP contribution in [0.25, 0.3) is 0 Å². The maximum absolute atomic E-state index is 14.0. The summed E-state index contributed by atoms with van der Waals surface area (Å²) < 4.78 is 42.0. The largest absolute Gasteiger partial charge is 0.454 e. The van der Waals surface area contributed by atoms with Crippen molar-refractivity contribution in [2.75, 3.05) is 6.54 Å². The Morgan fingerprint density at radius 2 is 1.79 bits per heavy atom. The number of carbonyl (C=O) groups excluding carboxylic acids is 2. The van der Waals surface area contributed by atoms with E-state index in [-0.39, 0.29) is 0 Å². The number of esters is 2. The molecule has 4 atom stereocenters. The molecule has 19 heavy (non-hydrogen) atoms. The van der Waals surface area contributed by atoms with E-state index in [1.807, 2.05) is 0 Å². The average Bonchev–Trinajstić information content (AvgIpc) is 2.27. The molecule has 0 saturated carbocycles. The van der Waals surface area contributed by atoms with Crippen molar-refractivity contribution in [1.82, 2.24) is 0 Å². The molecular weight excluding hydrogens is 266 g/mol. The van der Waals surface area contributed by atoms with Gasteiger partial charge in [-0.1, -0.05) is 0 Å². The van der Waals surface area contributed by atoms with Gasteiger partial charge in [0.15, 0.2) is 6.10 Å². The summed E-state index contributed by atoms with van der Waals surface area (Å²) >= 11 is 0. The second kappa shape index (κ2) is 5.76. The Balaban J connectivity index is 2.99. The van der Waals surface area contributed by atoms with Crippen molar-refractivity contribution in [3.05, 3.63) is 0 Å². The number of ether oxygens (including phenoxy) is 3. The zero-order valence-corrected chi connectivity index (χ0v) is 10.5. The van der Waals surface area contributed by atoms with Gasteiger partial charge < -0.3 is 25.7 Å². The van der Waals surface area contributed by atoms with E-state index < -0.39 is 48.9 Å². The van der Waals surface area contributed by atoms with E-state index >= 15 is 0 Å². The molecule has 1 fully saturated rings. The number of hydrogen-bond acceptors (Lipinski definition) is 7. The van der Waals surface area contributed by atoms with Gasteiger partial charge in [0.25, 0.3) is 0 Å². The molecule has 1 rings (SSSR count). The minimum Gasteiger partial charge on any atom is -0.454 e. The van der Waals surface area contributed by atoms with Crippen molar-refractivity contribution in [2.24, 2.45) is 11.5 Å². The average molecular weight is 282 g/mol. The third-order valence-electron chi connectivity index (χ3n) is 2.56. The fraction of sp³-hybridized carbons (Fsp3) is 0.800. The first-order chi connectivity index (χ1) is 8.70. The first-order valence-corrected chi connectivity index (χ1v) is 5.53. The summed E-state index contributed by atoms with van der Waals surface area (Å²) in [7, 11) is 0. The molecule has 0 bridgehead atoms. The summed E-state index contributed by atoms with van der Waals surface area (Å²) in [4.78, 5) is 21.7. The highest BCUT2D eigenvalue weighted by Crippen LogP contribution is 2.36. The molecule has 9 heteroatoms. The summed E-state index contributed by atoms with van der Waals surface area (Å²) in [5.74, 6) is -5.27. The Hall–Kier alpha value is -1.32. The lowest BCUT2D eigenvalue weighted by molar-refractivity contribution is -0.302. The van der Waals surface area contributed by atoms with Crippen LogP contribution in [0.5, 0.6) is 0 Å². The molecule has 0 spiro atoms. The van der Waals surface area contributed by atoms with Crippen molar-refractivity contribution in [2.45, 2.75) is 44.3 Å². The van der Waals surface area contributed by atoms with Crippen molar-refractivity contribution in [3.8, 4) is 0 Å². The Morgan fingerprint density at radius 3 is 2.21 bits per heavy atom. The molecule has 0 amide bonds. The number of rotatable bonds is 3. The second-order valence-corrected chi connectivity index (χ2v) is 4.12. The molecule has 110 valence electrons. The van der Waals surface area contributed by atoms with Gasteiger partial charge in [-0.3, -0.25) is 9.59 Å². The molecule has 4 N–H and O–H groups in total. The highest BCUT2D eigenvalue weighted by molar-refractivity contribution is 5.67. The molecule has 0 radical (unpaired) electrons. The van der Waals surface area contributed by atoms with E-state index in [2.05, 4.69) is 9.47 Å². The number of carbonyl (C=O) groups is 2. The topological polar surface area (TPSA) is 114 Å². The lowest BCUT2D eigenvalue weighted by Gasteiger charge is -2.43. The number of halogens is 2. The van der Waals surface area contributed by atoms with Crippen molar-refractivity contribution in [3.63, 3.8) is 0 Å². The maximum Gasteiger partial charge on any atom is 0.312 e. The lowest BCUT2D eigenvalue weighted by atomic mass is 9.96. The SMILES string of the molecule is CC(=O)OC1O[C@H](CN)C(F)(F)[C@H](OC(C)=O)[C@H]1N. The summed E-state index contributed by atoms with van der Waals surface area (Å²) in [5, 5.41) is 0. The fourth-order valence-electron chi connectivity index (χ4n) is 1.74. The van der Waals surface area contributed by atoms with Crippen LogP contribution < -0.4 is 11.5 Å². The van der Waals surface area contributed by atoms with Crippen LogP contribution in [0.3, 0.4) is 0 Å². The molecule has 1 aliphatic heterocycles. The number of hydrogen-bond donors (Lipinski definition) is 2. The van der Waals surface area contributed by atoms with Gasteiger partial charge in [-0.25, -0.2) is 0 Å². The van der Waals surface area contributed by atoms with E-state index in [0.717, 1.165) is 13.8 Å². The van der Waals surface area contributed by atoms with Crippen molar-refractivity contribution >= 4 is 11.9 Å². The van der Waals surface area contributed by atoms with Gasteiger partial charge in [0.2, 0.25) is 6.29 Å². The highest BCUT2D eigenvalue weighted by atomic mass is 19.3.